The van der Waals surface area contributed by atoms with Gasteiger partial charge in [-0.3, -0.25) is 4.98 Å². The summed E-state index contributed by atoms with van der Waals surface area (Å²) in [7, 11) is 0. The quantitative estimate of drug-likeness (QED) is 0.385. The largest absolute Gasteiger partial charge is 0.386 e. The lowest BCUT2D eigenvalue weighted by Gasteiger charge is -2.20. The molecule has 178 valence electrons. The molecule has 0 radical (unpaired) electrons. The van der Waals surface area contributed by atoms with Crippen LogP contribution < -0.4 is 10.6 Å². The summed E-state index contributed by atoms with van der Waals surface area (Å²) < 4.78 is 29.7. The SMILES string of the molecule is CC(C)(O)c1ccnc2c(F)cc(-c3nc(Nc4ccc(C5=CCNCC5)cn4)ncc3F)cc12. The van der Waals surface area contributed by atoms with E-state index in [1.807, 2.05) is 12.1 Å². The summed E-state index contributed by atoms with van der Waals surface area (Å²) in [6, 6.07) is 8.14. The fraction of sp³-hybridized carbons (Fsp3) is 0.231. The third-order valence-corrected chi connectivity index (χ3v) is 5.91. The van der Waals surface area contributed by atoms with Gasteiger partial charge < -0.3 is 15.7 Å². The number of fused-ring (bicyclic) bond motifs is 1. The van der Waals surface area contributed by atoms with Crippen molar-refractivity contribution in [2.45, 2.75) is 25.9 Å². The van der Waals surface area contributed by atoms with Gasteiger partial charge in [-0.25, -0.2) is 23.7 Å². The van der Waals surface area contributed by atoms with Crippen molar-refractivity contribution in [2.75, 3.05) is 18.4 Å². The van der Waals surface area contributed by atoms with E-state index in [0.717, 1.165) is 31.3 Å². The molecule has 0 amide bonds. The van der Waals surface area contributed by atoms with E-state index in [1.165, 1.54) is 17.8 Å². The highest BCUT2D eigenvalue weighted by atomic mass is 19.1. The molecular formula is C26H24F2N6O. The lowest BCUT2D eigenvalue weighted by Crippen LogP contribution is -2.20. The zero-order valence-corrected chi connectivity index (χ0v) is 19.3. The number of nitrogens with one attached hydrogen (secondary N) is 2. The molecule has 0 spiro atoms. The van der Waals surface area contributed by atoms with Crippen LogP contribution >= 0.6 is 0 Å². The Kier molecular flexibility index (Phi) is 5.96. The fourth-order valence-electron chi connectivity index (χ4n) is 4.17. The Morgan fingerprint density at radius 3 is 2.57 bits per heavy atom. The van der Waals surface area contributed by atoms with E-state index in [2.05, 4.69) is 36.6 Å². The average Bonchev–Trinajstić information content (AvgIpc) is 2.85. The van der Waals surface area contributed by atoms with Crippen LogP contribution in [-0.4, -0.2) is 38.1 Å². The van der Waals surface area contributed by atoms with Crippen LogP contribution in [0.15, 0.2) is 55.0 Å². The molecular weight excluding hydrogens is 450 g/mol. The van der Waals surface area contributed by atoms with Gasteiger partial charge >= 0.3 is 0 Å². The predicted octanol–water partition coefficient (Wildman–Crippen LogP) is 4.71. The first-order valence-electron chi connectivity index (χ1n) is 11.3. The summed E-state index contributed by atoms with van der Waals surface area (Å²) in [5, 5.41) is 17.2. The van der Waals surface area contributed by atoms with Crippen LogP contribution in [0.1, 0.15) is 31.4 Å². The highest BCUT2D eigenvalue weighted by Gasteiger charge is 2.22. The number of rotatable bonds is 5. The van der Waals surface area contributed by atoms with Crippen LogP contribution in [0.2, 0.25) is 0 Å². The van der Waals surface area contributed by atoms with E-state index < -0.39 is 17.2 Å². The molecule has 3 aromatic heterocycles. The Labute approximate surface area is 201 Å². The lowest BCUT2D eigenvalue weighted by atomic mass is 9.93. The predicted molar refractivity (Wildman–Crippen MR) is 131 cm³/mol. The Morgan fingerprint density at radius 1 is 1.00 bits per heavy atom. The molecule has 0 fully saturated rings. The van der Waals surface area contributed by atoms with Crippen LogP contribution in [-0.2, 0) is 5.60 Å². The Morgan fingerprint density at radius 2 is 1.86 bits per heavy atom. The highest BCUT2D eigenvalue weighted by molar-refractivity contribution is 5.88. The maximum absolute atomic E-state index is 14.9. The Bertz CT molecular complexity index is 1430. The lowest BCUT2D eigenvalue weighted by molar-refractivity contribution is 0.0801. The van der Waals surface area contributed by atoms with E-state index in [0.29, 0.717) is 16.8 Å². The maximum Gasteiger partial charge on any atom is 0.229 e. The summed E-state index contributed by atoms with van der Waals surface area (Å²) in [5.74, 6) is -0.721. The normalized spacial score (nSPS) is 14.1. The van der Waals surface area contributed by atoms with Gasteiger partial charge in [0.25, 0.3) is 0 Å². The summed E-state index contributed by atoms with van der Waals surface area (Å²) in [5.41, 5.74) is 1.73. The number of aromatic nitrogens is 4. The molecule has 9 heteroatoms. The van der Waals surface area contributed by atoms with Gasteiger partial charge in [0.2, 0.25) is 5.95 Å². The second kappa shape index (κ2) is 9.09. The first kappa shape index (κ1) is 22.9. The number of hydrogen-bond acceptors (Lipinski definition) is 7. The Hall–Kier alpha value is -3.82. The molecule has 4 aromatic rings. The summed E-state index contributed by atoms with van der Waals surface area (Å²) in [4.78, 5) is 16.8. The molecule has 0 atom stereocenters. The molecule has 35 heavy (non-hydrogen) atoms. The molecule has 5 rings (SSSR count). The number of hydrogen-bond donors (Lipinski definition) is 3. The third-order valence-electron chi connectivity index (χ3n) is 5.91. The van der Waals surface area contributed by atoms with Crippen LogP contribution in [0.3, 0.4) is 0 Å². The van der Waals surface area contributed by atoms with Crippen molar-refractivity contribution in [3.63, 3.8) is 0 Å². The smallest absolute Gasteiger partial charge is 0.229 e. The monoisotopic (exact) mass is 474 g/mol. The van der Waals surface area contributed by atoms with E-state index in [1.54, 1.807) is 32.2 Å². The molecule has 0 bridgehead atoms. The number of nitrogens with zero attached hydrogens (tertiary/aromatic N) is 4. The zero-order chi connectivity index (χ0) is 24.6. The van der Waals surface area contributed by atoms with Crippen molar-refractivity contribution in [3.8, 4) is 11.3 Å². The number of pyridine rings is 2. The van der Waals surface area contributed by atoms with Crippen LogP contribution in [0, 0.1) is 11.6 Å². The number of halogens is 2. The molecule has 1 aliphatic rings. The van der Waals surface area contributed by atoms with Crippen LogP contribution in [0.25, 0.3) is 27.7 Å². The molecule has 0 saturated heterocycles. The molecule has 3 N–H and O–H groups in total. The van der Waals surface area contributed by atoms with E-state index in [9.17, 15) is 13.9 Å². The second-order valence-electron chi connectivity index (χ2n) is 8.90. The van der Waals surface area contributed by atoms with Crippen molar-refractivity contribution in [2.24, 2.45) is 0 Å². The molecule has 0 saturated carbocycles. The van der Waals surface area contributed by atoms with Gasteiger partial charge in [0.1, 0.15) is 22.8 Å². The van der Waals surface area contributed by atoms with Crippen LogP contribution in [0.5, 0.6) is 0 Å². The van der Waals surface area contributed by atoms with Gasteiger partial charge in [0.15, 0.2) is 5.82 Å². The van der Waals surface area contributed by atoms with Gasteiger partial charge in [0, 0.05) is 29.9 Å². The number of anilines is 2. The van der Waals surface area contributed by atoms with Gasteiger partial charge in [-0.05, 0) is 73.8 Å². The average molecular weight is 475 g/mol. The summed E-state index contributed by atoms with van der Waals surface area (Å²) in [6.07, 6.45) is 7.32. The van der Waals surface area contributed by atoms with Crippen molar-refractivity contribution in [1.29, 1.82) is 0 Å². The standard InChI is InChI=1S/C26H24F2N6O/c1-26(2,35)19-7-10-30-24-18(19)11-17(12-20(24)27)23-21(28)14-32-25(34-23)33-22-4-3-16(13-31-22)15-5-8-29-9-6-15/h3-5,7,10-14,29,35H,6,8-9H2,1-2H3,(H,31,32,33,34). The van der Waals surface area contributed by atoms with Crippen LogP contribution in [0.4, 0.5) is 20.5 Å². The molecule has 1 aliphatic heterocycles. The molecule has 0 aliphatic carbocycles. The number of benzene rings is 1. The highest BCUT2D eigenvalue weighted by Crippen LogP contribution is 2.33. The van der Waals surface area contributed by atoms with Crippen molar-refractivity contribution in [1.82, 2.24) is 25.3 Å². The summed E-state index contributed by atoms with van der Waals surface area (Å²) >= 11 is 0. The fourth-order valence-corrected chi connectivity index (χ4v) is 4.17. The molecule has 4 heterocycles. The molecule has 1 aromatic carbocycles. The van der Waals surface area contributed by atoms with Crippen molar-refractivity contribution < 1.29 is 13.9 Å². The minimum Gasteiger partial charge on any atom is -0.386 e. The van der Waals surface area contributed by atoms with Gasteiger partial charge in [0.05, 0.1) is 11.8 Å². The van der Waals surface area contributed by atoms with E-state index in [-0.39, 0.29) is 22.7 Å². The zero-order valence-electron chi connectivity index (χ0n) is 19.3. The Balaban J connectivity index is 1.48. The molecule has 7 nitrogen and oxygen atoms in total. The number of aliphatic hydroxyl groups is 1. The first-order chi connectivity index (χ1) is 16.8. The van der Waals surface area contributed by atoms with Crippen molar-refractivity contribution in [3.05, 3.63) is 77.8 Å². The first-order valence-corrected chi connectivity index (χ1v) is 11.3. The topological polar surface area (TPSA) is 95.9 Å². The van der Waals surface area contributed by atoms with Crippen molar-refractivity contribution >= 4 is 28.2 Å². The van der Waals surface area contributed by atoms with E-state index in [4.69, 9.17) is 0 Å². The minimum atomic E-state index is -1.24. The second-order valence-corrected chi connectivity index (χ2v) is 8.90. The minimum absolute atomic E-state index is 0.0784. The summed E-state index contributed by atoms with van der Waals surface area (Å²) in [6.45, 7) is 4.96. The third kappa shape index (κ3) is 4.73. The van der Waals surface area contributed by atoms with Gasteiger partial charge in [-0.2, -0.15) is 0 Å². The maximum atomic E-state index is 14.9. The van der Waals surface area contributed by atoms with Gasteiger partial charge in [-0.1, -0.05) is 6.08 Å². The van der Waals surface area contributed by atoms with E-state index >= 15 is 0 Å². The molecule has 0 unspecified atom stereocenters. The van der Waals surface area contributed by atoms with Gasteiger partial charge in [-0.15, -0.1) is 0 Å².